The summed E-state index contributed by atoms with van der Waals surface area (Å²) in [7, 11) is 0. The highest BCUT2D eigenvalue weighted by molar-refractivity contribution is 5.74. The molecule has 0 aromatic heterocycles. The second-order valence-corrected chi connectivity index (χ2v) is 9.49. The first-order valence-electron chi connectivity index (χ1n) is 9.91. The van der Waals surface area contributed by atoms with E-state index in [-0.39, 0.29) is 5.91 Å². The monoisotopic (exact) mass is 315 g/mol. The molecule has 4 aliphatic carbocycles. The highest BCUT2D eigenvalue weighted by atomic mass is 16.1. The van der Waals surface area contributed by atoms with Gasteiger partial charge in [0.1, 0.15) is 0 Å². The fourth-order valence-corrected chi connectivity index (χ4v) is 7.51. The smallest absolute Gasteiger partial charge is 0.217 e. The molecule has 4 aliphatic rings. The molecule has 0 aliphatic heterocycles. The molecular formula is C21H33NO. The van der Waals surface area contributed by atoms with Crippen LogP contribution in [0.2, 0.25) is 0 Å². The molecule has 2 heteroatoms. The molecule has 0 radical (unpaired) electrons. The van der Waals surface area contributed by atoms with E-state index in [1.165, 1.54) is 51.4 Å². The van der Waals surface area contributed by atoms with E-state index < -0.39 is 0 Å². The predicted molar refractivity (Wildman–Crippen MR) is 93.6 cm³/mol. The molecule has 3 fully saturated rings. The Morgan fingerprint density at radius 3 is 2.70 bits per heavy atom. The van der Waals surface area contributed by atoms with Crippen LogP contribution < -0.4 is 5.73 Å². The van der Waals surface area contributed by atoms with Crippen LogP contribution in [0.4, 0.5) is 0 Å². The van der Waals surface area contributed by atoms with Crippen molar-refractivity contribution < 1.29 is 4.79 Å². The van der Waals surface area contributed by atoms with Gasteiger partial charge >= 0.3 is 0 Å². The maximum absolute atomic E-state index is 11.5. The van der Waals surface area contributed by atoms with Crippen LogP contribution in [0.5, 0.6) is 0 Å². The van der Waals surface area contributed by atoms with Crippen LogP contribution in [-0.4, -0.2) is 5.91 Å². The topological polar surface area (TPSA) is 43.1 Å². The average Bonchev–Trinajstić information content (AvgIpc) is 2.83. The van der Waals surface area contributed by atoms with Gasteiger partial charge in [-0.3, -0.25) is 4.79 Å². The summed E-state index contributed by atoms with van der Waals surface area (Å²) in [5.41, 5.74) is 6.37. The molecule has 23 heavy (non-hydrogen) atoms. The molecule has 128 valence electrons. The van der Waals surface area contributed by atoms with Crippen molar-refractivity contribution in [2.24, 2.45) is 46.2 Å². The number of carbonyl (C=O) groups is 1. The van der Waals surface area contributed by atoms with Gasteiger partial charge in [-0.05, 0) is 91.8 Å². The number of hydrogen-bond donors (Lipinski definition) is 1. The highest BCUT2D eigenvalue weighted by Crippen LogP contribution is 2.66. The Morgan fingerprint density at radius 1 is 1.09 bits per heavy atom. The maximum atomic E-state index is 11.5. The molecule has 1 amide bonds. The first-order chi connectivity index (χ1) is 10.9. The molecular weight excluding hydrogens is 282 g/mol. The van der Waals surface area contributed by atoms with Crippen LogP contribution in [0.1, 0.15) is 71.6 Å². The standard InChI is InChI=1S/C21H33NO/c1-20-11-4-3-5-14(20)6-8-16-17-9-7-15(13-19(22)23)21(17,2)12-10-18(16)20/h4,11,14-18H,3,5-10,12-13H2,1-2H3,(H2,22,23)/t14?,15-,16+,17+,18+,20+,21-/m1/s1. The zero-order valence-corrected chi connectivity index (χ0v) is 14.9. The predicted octanol–water partition coefficient (Wildman–Crippen LogP) is 4.69. The fourth-order valence-electron chi connectivity index (χ4n) is 7.51. The van der Waals surface area contributed by atoms with Gasteiger partial charge in [0.2, 0.25) is 5.91 Å². The largest absolute Gasteiger partial charge is 0.370 e. The second kappa shape index (κ2) is 5.36. The zero-order chi connectivity index (χ0) is 16.2. The van der Waals surface area contributed by atoms with Crippen LogP contribution in [0.3, 0.4) is 0 Å². The number of rotatable bonds is 2. The van der Waals surface area contributed by atoms with Crippen molar-refractivity contribution in [3.63, 3.8) is 0 Å². The van der Waals surface area contributed by atoms with Gasteiger partial charge < -0.3 is 5.73 Å². The van der Waals surface area contributed by atoms with E-state index in [1.54, 1.807) is 0 Å². The first kappa shape index (κ1) is 15.7. The van der Waals surface area contributed by atoms with Crippen LogP contribution in [-0.2, 0) is 4.79 Å². The van der Waals surface area contributed by atoms with Crippen LogP contribution in [0.25, 0.3) is 0 Å². The van der Waals surface area contributed by atoms with Crippen LogP contribution in [0.15, 0.2) is 12.2 Å². The van der Waals surface area contributed by atoms with Gasteiger partial charge in [0, 0.05) is 6.42 Å². The number of fused-ring (bicyclic) bond motifs is 5. The van der Waals surface area contributed by atoms with Crippen molar-refractivity contribution in [3.8, 4) is 0 Å². The molecule has 7 atom stereocenters. The lowest BCUT2D eigenvalue weighted by molar-refractivity contribution is -0.121. The van der Waals surface area contributed by atoms with E-state index in [9.17, 15) is 4.79 Å². The van der Waals surface area contributed by atoms with E-state index in [1.807, 2.05) is 0 Å². The quantitative estimate of drug-likeness (QED) is 0.738. The van der Waals surface area contributed by atoms with E-state index in [0.717, 1.165) is 23.7 Å². The third-order valence-electron chi connectivity index (χ3n) is 8.77. The van der Waals surface area contributed by atoms with Crippen molar-refractivity contribution >= 4 is 5.91 Å². The number of primary amides is 1. The number of allylic oxidation sites excluding steroid dienone is 2. The molecule has 0 aromatic rings. The summed E-state index contributed by atoms with van der Waals surface area (Å²) in [6, 6.07) is 0. The zero-order valence-electron chi connectivity index (χ0n) is 14.9. The van der Waals surface area contributed by atoms with E-state index in [2.05, 4.69) is 26.0 Å². The van der Waals surface area contributed by atoms with Gasteiger partial charge in [-0.2, -0.15) is 0 Å². The van der Waals surface area contributed by atoms with Crippen molar-refractivity contribution in [1.82, 2.24) is 0 Å². The third kappa shape index (κ3) is 2.23. The molecule has 0 spiro atoms. The fraction of sp³-hybridized carbons (Fsp3) is 0.857. The Bertz CT molecular complexity index is 526. The van der Waals surface area contributed by atoms with Gasteiger partial charge in [0.05, 0.1) is 0 Å². The molecule has 0 heterocycles. The molecule has 2 N–H and O–H groups in total. The van der Waals surface area contributed by atoms with Crippen molar-refractivity contribution in [3.05, 3.63) is 12.2 Å². The SMILES string of the molecule is C[C@]12CC[C@H]3[C@@H](CCC4CCC=C[C@@]43C)[C@@H]1CC[C@@H]2CC(N)=O. The number of carbonyl (C=O) groups excluding carboxylic acids is 1. The third-order valence-corrected chi connectivity index (χ3v) is 8.77. The van der Waals surface area contributed by atoms with Crippen LogP contribution >= 0.6 is 0 Å². The van der Waals surface area contributed by atoms with E-state index in [0.29, 0.717) is 23.2 Å². The van der Waals surface area contributed by atoms with Crippen molar-refractivity contribution in [1.29, 1.82) is 0 Å². The second-order valence-electron chi connectivity index (χ2n) is 9.49. The Labute approximate surface area is 141 Å². The summed E-state index contributed by atoms with van der Waals surface area (Å²) in [6.07, 6.45) is 16.5. The van der Waals surface area contributed by atoms with Gasteiger partial charge in [-0.25, -0.2) is 0 Å². The normalized spacial score (nSPS) is 51.7. The number of amides is 1. The van der Waals surface area contributed by atoms with Crippen molar-refractivity contribution in [2.75, 3.05) is 0 Å². The molecule has 0 bridgehead atoms. The van der Waals surface area contributed by atoms with Gasteiger partial charge in [0.25, 0.3) is 0 Å². The highest BCUT2D eigenvalue weighted by Gasteiger charge is 2.59. The minimum absolute atomic E-state index is 0.0927. The minimum Gasteiger partial charge on any atom is -0.370 e. The first-order valence-corrected chi connectivity index (χ1v) is 9.91. The number of nitrogens with two attached hydrogens (primary N) is 1. The Balaban J connectivity index is 1.61. The molecule has 0 saturated heterocycles. The summed E-state index contributed by atoms with van der Waals surface area (Å²) in [5.74, 6) is 3.96. The Morgan fingerprint density at radius 2 is 1.91 bits per heavy atom. The maximum Gasteiger partial charge on any atom is 0.217 e. The summed E-state index contributed by atoms with van der Waals surface area (Å²) >= 11 is 0. The van der Waals surface area contributed by atoms with Crippen LogP contribution in [0, 0.1) is 40.4 Å². The molecule has 4 rings (SSSR count). The van der Waals surface area contributed by atoms with E-state index in [4.69, 9.17) is 5.73 Å². The van der Waals surface area contributed by atoms with Gasteiger partial charge in [0.15, 0.2) is 0 Å². The summed E-state index contributed by atoms with van der Waals surface area (Å²) in [5, 5.41) is 0. The molecule has 3 saturated carbocycles. The molecule has 0 aromatic carbocycles. The van der Waals surface area contributed by atoms with Gasteiger partial charge in [-0.15, -0.1) is 0 Å². The summed E-state index contributed by atoms with van der Waals surface area (Å²) in [4.78, 5) is 11.5. The lowest BCUT2D eigenvalue weighted by Gasteiger charge is -2.59. The summed E-state index contributed by atoms with van der Waals surface area (Å²) < 4.78 is 0. The minimum atomic E-state index is -0.0927. The Kier molecular flexibility index (Phi) is 3.66. The molecule has 1 unspecified atom stereocenters. The Hall–Kier alpha value is -0.790. The lowest BCUT2D eigenvalue weighted by Crippen LogP contribution is -2.51. The average molecular weight is 316 g/mol. The van der Waals surface area contributed by atoms with Gasteiger partial charge in [-0.1, -0.05) is 26.0 Å². The summed E-state index contributed by atoms with van der Waals surface area (Å²) in [6.45, 7) is 5.04. The van der Waals surface area contributed by atoms with Crippen molar-refractivity contribution in [2.45, 2.75) is 71.6 Å². The molecule has 2 nitrogen and oxygen atoms in total. The van der Waals surface area contributed by atoms with E-state index >= 15 is 0 Å². The number of hydrogen-bond acceptors (Lipinski definition) is 1. The lowest BCUT2D eigenvalue weighted by atomic mass is 9.46.